The first kappa shape index (κ1) is 13.8. The first-order valence-corrected chi connectivity index (χ1v) is 4.98. The zero-order valence-electron chi connectivity index (χ0n) is 9.51. The highest BCUT2D eigenvalue weighted by Crippen LogP contribution is 2.36. The number of alkyl halides is 3. The second-order valence-corrected chi connectivity index (χ2v) is 3.52. The molecule has 1 aromatic carbocycles. The summed E-state index contributed by atoms with van der Waals surface area (Å²) in [6.07, 6.45) is -5.72. The van der Waals surface area contributed by atoms with Gasteiger partial charge in [0.1, 0.15) is 5.75 Å². The number of rotatable bonds is 4. The third-order valence-corrected chi connectivity index (χ3v) is 2.32. The maximum absolute atomic E-state index is 12.8. The van der Waals surface area contributed by atoms with Gasteiger partial charge >= 0.3 is 6.18 Å². The van der Waals surface area contributed by atoms with Gasteiger partial charge in [-0.2, -0.15) is 13.2 Å². The zero-order valence-corrected chi connectivity index (χ0v) is 9.51. The molecule has 0 saturated carbocycles. The quantitative estimate of drug-likeness (QED) is 0.857. The molecular weight excluding hydrogens is 235 g/mol. The Morgan fingerprint density at radius 3 is 2.53 bits per heavy atom. The van der Waals surface area contributed by atoms with E-state index in [1.54, 1.807) is 7.05 Å². The maximum Gasteiger partial charge on any atom is 0.416 e. The van der Waals surface area contributed by atoms with Gasteiger partial charge in [-0.05, 0) is 24.7 Å². The number of halogens is 3. The number of hydrogen-bond acceptors (Lipinski definition) is 3. The molecule has 0 radical (unpaired) electrons. The molecule has 96 valence electrons. The lowest BCUT2D eigenvalue weighted by atomic mass is 10.0. The van der Waals surface area contributed by atoms with Crippen LogP contribution in [-0.4, -0.2) is 25.8 Å². The van der Waals surface area contributed by atoms with Gasteiger partial charge in [0, 0.05) is 6.54 Å². The van der Waals surface area contributed by atoms with Crippen molar-refractivity contribution < 1.29 is 23.0 Å². The second-order valence-electron chi connectivity index (χ2n) is 3.52. The predicted octanol–water partition coefficient (Wildman–Crippen LogP) is 1.97. The van der Waals surface area contributed by atoms with Crippen LogP contribution in [0, 0.1) is 0 Å². The molecule has 0 aliphatic carbocycles. The zero-order chi connectivity index (χ0) is 13.1. The Hall–Kier alpha value is -1.27. The molecule has 0 spiro atoms. The number of hydrogen-bond donors (Lipinski definition) is 2. The molecule has 0 saturated heterocycles. The standard InChI is InChI=1S/C11H14F3NO2/c1-15-6-10(16)8-4-3-7(17-2)5-9(8)11(12,13)14/h3-5,10,15-16H,6H2,1-2H3. The van der Waals surface area contributed by atoms with Crippen molar-refractivity contribution in [1.82, 2.24) is 5.32 Å². The minimum Gasteiger partial charge on any atom is -0.497 e. The summed E-state index contributed by atoms with van der Waals surface area (Å²) in [6, 6.07) is 3.50. The van der Waals surface area contributed by atoms with Gasteiger partial charge in [-0.3, -0.25) is 0 Å². The minimum absolute atomic E-state index is 0.0510. The molecular formula is C11H14F3NO2. The molecule has 1 aromatic rings. The molecule has 17 heavy (non-hydrogen) atoms. The van der Waals surface area contributed by atoms with E-state index in [1.807, 2.05) is 0 Å². The molecule has 6 heteroatoms. The van der Waals surface area contributed by atoms with Crippen LogP contribution in [0.2, 0.25) is 0 Å². The average molecular weight is 249 g/mol. The highest BCUT2D eigenvalue weighted by atomic mass is 19.4. The summed E-state index contributed by atoms with van der Waals surface area (Å²) in [7, 11) is 2.85. The third-order valence-electron chi connectivity index (χ3n) is 2.32. The molecule has 0 aromatic heterocycles. The van der Waals surface area contributed by atoms with Crippen molar-refractivity contribution in [3.8, 4) is 5.75 Å². The van der Waals surface area contributed by atoms with Crippen LogP contribution in [0.5, 0.6) is 5.75 Å². The van der Waals surface area contributed by atoms with Crippen molar-refractivity contribution in [2.45, 2.75) is 12.3 Å². The molecule has 2 N–H and O–H groups in total. The van der Waals surface area contributed by atoms with Crippen LogP contribution in [0.15, 0.2) is 18.2 Å². The van der Waals surface area contributed by atoms with E-state index in [9.17, 15) is 18.3 Å². The summed E-state index contributed by atoms with van der Waals surface area (Å²) in [4.78, 5) is 0. The Labute approximate surface area is 97.2 Å². The SMILES string of the molecule is CNCC(O)c1ccc(OC)cc1C(F)(F)F. The molecule has 0 heterocycles. The fourth-order valence-corrected chi connectivity index (χ4v) is 1.50. The molecule has 1 atom stereocenters. The van der Waals surface area contributed by atoms with Gasteiger partial charge in [-0.1, -0.05) is 6.07 Å². The maximum atomic E-state index is 12.8. The Morgan fingerprint density at radius 1 is 1.41 bits per heavy atom. The van der Waals surface area contributed by atoms with E-state index in [2.05, 4.69) is 5.32 Å². The summed E-state index contributed by atoms with van der Waals surface area (Å²) >= 11 is 0. The Balaban J connectivity index is 3.20. The minimum atomic E-state index is -4.52. The van der Waals surface area contributed by atoms with Crippen molar-refractivity contribution >= 4 is 0 Å². The Kier molecular flexibility index (Phi) is 4.36. The lowest BCUT2D eigenvalue weighted by molar-refractivity contribution is -0.139. The number of methoxy groups -OCH3 is 1. The van der Waals surface area contributed by atoms with Gasteiger partial charge in [0.15, 0.2) is 0 Å². The largest absolute Gasteiger partial charge is 0.497 e. The second kappa shape index (κ2) is 5.37. The van der Waals surface area contributed by atoms with Gasteiger partial charge in [0.25, 0.3) is 0 Å². The summed E-state index contributed by atoms with van der Waals surface area (Å²) < 4.78 is 43.1. The van der Waals surface area contributed by atoms with Gasteiger partial charge in [0.2, 0.25) is 0 Å². The lowest BCUT2D eigenvalue weighted by Gasteiger charge is -2.18. The van der Waals surface area contributed by atoms with Crippen LogP contribution in [0.1, 0.15) is 17.2 Å². The van der Waals surface area contributed by atoms with Gasteiger partial charge < -0.3 is 15.2 Å². The molecule has 0 fully saturated rings. The number of aliphatic hydroxyl groups excluding tert-OH is 1. The third kappa shape index (κ3) is 3.34. The van der Waals surface area contributed by atoms with E-state index in [1.165, 1.54) is 19.2 Å². The monoisotopic (exact) mass is 249 g/mol. The molecule has 0 bridgehead atoms. The smallest absolute Gasteiger partial charge is 0.416 e. The van der Waals surface area contributed by atoms with E-state index in [0.29, 0.717) is 0 Å². The molecule has 0 aliphatic rings. The van der Waals surface area contributed by atoms with Crippen LogP contribution in [0.25, 0.3) is 0 Å². The molecule has 1 rings (SSSR count). The highest BCUT2D eigenvalue weighted by molar-refractivity contribution is 5.38. The number of benzene rings is 1. The van der Waals surface area contributed by atoms with Crippen molar-refractivity contribution in [2.24, 2.45) is 0 Å². The molecule has 3 nitrogen and oxygen atoms in total. The van der Waals surface area contributed by atoms with Crippen LogP contribution in [0.3, 0.4) is 0 Å². The molecule has 0 amide bonds. The number of aliphatic hydroxyl groups is 1. The molecule has 0 aliphatic heterocycles. The summed E-state index contributed by atoms with van der Waals surface area (Å²) in [5, 5.41) is 12.2. The topological polar surface area (TPSA) is 41.5 Å². The van der Waals surface area contributed by atoms with Crippen molar-refractivity contribution in [1.29, 1.82) is 0 Å². The van der Waals surface area contributed by atoms with Gasteiger partial charge in [0.05, 0.1) is 18.8 Å². The van der Waals surface area contributed by atoms with Crippen molar-refractivity contribution in [2.75, 3.05) is 20.7 Å². The number of likely N-dealkylation sites (N-methyl/N-ethyl adjacent to an activating group) is 1. The fraction of sp³-hybridized carbons (Fsp3) is 0.455. The highest BCUT2D eigenvalue weighted by Gasteiger charge is 2.35. The first-order chi connectivity index (χ1) is 7.90. The predicted molar refractivity (Wildman–Crippen MR) is 56.9 cm³/mol. The summed E-state index contributed by atoms with van der Waals surface area (Å²) in [5.41, 5.74) is -1.03. The Bertz CT molecular complexity index is 379. The van der Waals surface area contributed by atoms with Crippen LogP contribution < -0.4 is 10.1 Å². The fourth-order valence-electron chi connectivity index (χ4n) is 1.50. The number of ether oxygens (including phenoxy) is 1. The van der Waals surface area contributed by atoms with E-state index in [0.717, 1.165) is 6.07 Å². The van der Waals surface area contributed by atoms with E-state index >= 15 is 0 Å². The van der Waals surface area contributed by atoms with Crippen molar-refractivity contribution in [3.63, 3.8) is 0 Å². The van der Waals surface area contributed by atoms with E-state index in [-0.39, 0.29) is 17.9 Å². The van der Waals surface area contributed by atoms with Crippen molar-refractivity contribution in [3.05, 3.63) is 29.3 Å². The van der Waals surface area contributed by atoms with Crippen LogP contribution in [0.4, 0.5) is 13.2 Å². The van der Waals surface area contributed by atoms with E-state index < -0.39 is 17.8 Å². The average Bonchev–Trinajstić information content (AvgIpc) is 2.27. The van der Waals surface area contributed by atoms with Gasteiger partial charge in [-0.25, -0.2) is 0 Å². The Morgan fingerprint density at radius 2 is 2.06 bits per heavy atom. The normalized spacial score (nSPS) is 13.5. The van der Waals surface area contributed by atoms with Gasteiger partial charge in [-0.15, -0.1) is 0 Å². The number of nitrogens with one attached hydrogen (secondary N) is 1. The summed E-state index contributed by atoms with van der Waals surface area (Å²) in [6.45, 7) is 0.0510. The lowest BCUT2D eigenvalue weighted by Crippen LogP contribution is -2.20. The summed E-state index contributed by atoms with van der Waals surface area (Å²) in [5.74, 6) is 0.109. The van der Waals surface area contributed by atoms with Crippen LogP contribution >= 0.6 is 0 Å². The van der Waals surface area contributed by atoms with Crippen LogP contribution in [-0.2, 0) is 6.18 Å². The first-order valence-electron chi connectivity index (χ1n) is 4.98. The van der Waals surface area contributed by atoms with E-state index in [4.69, 9.17) is 4.74 Å². The molecule has 1 unspecified atom stereocenters.